The fourth-order valence-electron chi connectivity index (χ4n) is 2.99. The molecule has 0 saturated heterocycles. The van der Waals surface area contributed by atoms with Gasteiger partial charge in [0.1, 0.15) is 11.6 Å². The number of nitrogens with zero attached hydrogens (tertiary/aromatic N) is 3. The Bertz CT molecular complexity index is 603. The molecule has 2 heterocycles. The number of fused-ring (bicyclic) bond motifs is 1. The van der Waals surface area contributed by atoms with Gasteiger partial charge in [-0.05, 0) is 37.8 Å². The van der Waals surface area contributed by atoms with Gasteiger partial charge < -0.3 is 9.88 Å². The van der Waals surface area contributed by atoms with Gasteiger partial charge in [-0.1, -0.05) is 30.7 Å². The number of hydrogen-bond acceptors (Lipinski definition) is 3. The molecule has 0 saturated carbocycles. The topological polar surface area (TPSA) is 42.7 Å². The van der Waals surface area contributed by atoms with Crippen LogP contribution in [0.5, 0.6) is 0 Å². The van der Waals surface area contributed by atoms with E-state index < -0.39 is 0 Å². The quantitative estimate of drug-likeness (QED) is 0.937. The Morgan fingerprint density at radius 3 is 2.90 bits per heavy atom. The summed E-state index contributed by atoms with van der Waals surface area (Å²) in [6.45, 7) is 6.27. The lowest BCUT2D eigenvalue weighted by Gasteiger charge is -2.16. The van der Waals surface area contributed by atoms with Crippen LogP contribution in [0, 0.1) is 6.92 Å². The summed E-state index contributed by atoms with van der Waals surface area (Å²) >= 11 is 0. The van der Waals surface area contributed by atoms with Crippen molar-refractivity contribution < 1.29 is 0 Å². The summed E-state index contributed by atoms with van der Waals surface area (Å²) in [5.41, 5.74) is 2.68. The molecule has 112 valence electrons. The Balaban J connectivity index is 1.70. The molecule has 1 aromatic heterocycles. The van der Waals surface area contributed by atoms with Crippen LogP contribution in [0.25, 0.3) is 0 Å². The maximum Gasteiger partial charge on any atom is 0.149 e. The molecular formula is C17H24N4. The van der Waals surface area contributed by atoms with Gasteiger partial charge in [-0.25, -0.2) is 0 Å². The smallest absolute Gasteiger partial charge is 0.149 e. The van der Waals surface area contributed by atoms with Crippen molar-refractivity contribution in [3.8, 4) is 0 Å². The molecule has 4 heteroatoms. The van der Waals surface area contributed by atoms with Crippen molar-refractivity contribution in [1.29, 1.82) is 0 Å². The summed E-state index contributed by atoms with van der Waals surface area (Å²) in [6, 6.07) is 8.74. The van der Waals surface area contributed by atoms with Crippen molar-refractivity contribution in [3.63, 3.8) is 0 Å². The summed E-state index contributed by atoms with van der Waals surface area (Å²) in [7, 11) is 0. The average molecular weight is 284 g/mol. The molecule has 0 spiro atoms. The molecule has 1 aliphatic heterocycles. The number of rotatable bonds is 4. The standard InChI is InChI=1S/C17H24N4/c1-13-8-5-6-9-15(13)12-18-14(2)17-20-19-16-10-4-3-7-11-21(16)17/h5-6,8-9,14,18H,3-4,7,10-12H2,1-2H3/t14-/m0/s1. The van der Waals surface area contributed by atoms with Crippen molar-refractivity contribution in [2.45, 2.75) is 58.7 Å². The van der Waals surface area contributed by atoms with Crippen LogP contribution in [0.2, 0.25) is 0 Å². The molecule has 0 radical (unpaired) electrons. The lowest BCUT2D eigenvalue weighted by atomic mass is 10.1. The average Bonchev–Trinajstić information content (AvgIpc) is 2.75. The number of benzene rings is 1. The van der Waals surface area contributed by atoms with E-state index in [9.17, 15) is 0 Å². The van der Waals surface area contributed by atoms with Gasteiger partial charge in [-0.15, -0.1) is 10.2 Å². The number of aromatic nitrogens is 3. The summed E-state index contributed by atoms with van der Waals surface area (Å²) in [5, 5.41) is 12.4. The SMILES string of the molecule is Cc1ccccc1CN[C@@H](C)c1nnc2n1CCCCC2. The molecule has 1 aromatic carbocycles. The van der Waals surface area contributed by atoms with E-state index in [4.69, 9.17) is 0 Å². The Morgan fingerprint density at radius 1 is 1.19 bits per heavy atom. The zero-order chi connectivity index (χ0) is 14.7. The molecule has 1 aliphatic rings. The third-order valence-electron chi connectivity index (χ3n) is 4.39. The molecular weight excluding hydrogens is 260 g/mol. The van der Waals surface area contributed by atoms with E-state index in [1.165, 1.54) is 30.4 Å². The van der Waals surface area contributed by atoms with Crippen LogP contribution in [-0.4, -0.2) is 14.8 Å². The second-order valence-electron chi connectivity index (χ2n) is 5.97. The number of nitrogens with one attached hydrogen (secondary N) is 1. The molecule has 2 aromatic rings. The maximum absolute atomic E-state index is 4.42. The first-order valence-corrected chi connectivity index (χ1v) is 7.95. The zero-order valence-corrected chi connectivity index (χ0v) is 13.0. The molecule has 1 N–H and O–H groups in total. The van der Waals surface area contributed by atoms with E-state index in [-0.39, 0.29) is 6.04 Å². The Morgan fingerprint density at radius 2 is 2.05 bits per heavy atom. The molecule has 1 atom stereocenters. The van der Waals surface area contributed by atoms with Crippen LogP contribution >= 0.6 is 0 Å². The molecule has 0 aliphatic carbocycles. The van der Waals surface area contributed by atoms with Gasteiger partial charge in [-0.3, -0.25) is 0 Å². The zero-order valence-electron chi connectivity index (χ0n) is 13.0. The van der Waals surface area contributed by atoms with E-state index in [2.05, 4.69) is 58.2 Å². The van der Waals surface area contributed by atoms with Crippen molar-refractivity contribution >= 4 is 0 Å². The van der Waals surface area contributed by atoms with Crippen LogP contribution in [0.3, 0.4) is 0 Å². The van der Waals surface area contributed by atoms with Crippen molar-refractivity contribution in [1.82, 2.24) is 20.1 Å². The molecule has 4 nitrogen and oxygen atoms in total. The molecule has 0 amide bonds. The fraction of sp³-hybridized carbons (Fsp3) is 0.529. The molecule has 0 unspecified atom stereocenters. The number of hydrogen-bond donors (Lipinski definition) is 1. The van der Waals surface area contributed by atoms with Crippen molar-refractivity contribution in [2.75, 3.05) is 0 Å². The van der Waals surface area contributed by atoms with Crippen molar-refractivity contribution in [3.05, 3.63) is 47.0 Å². The van der Waals surface area contributed by atoms with Gasteiger partial charge in [0.05, 0.1) is 6.04 Å². The highest BCUT2D eigenvalue weighted by Crippen LogP contribution is 2.19. The van der Waals surface area contributed by atoms with E-state index >= 15 is 0 Å². The predicted octanol–water partition coefficient (Wildman–Crippen LogP) is 3.16. The van der Waals surface area contributed by atoms with Gasteiger partial charge in [0, 0.05) is 19.5 Å². The second-order valence-corrected chi connectivity index (χ2v) is 5.97. The van der Waals surface area contributed by atoms with E-state index in [1.807, 2.05) is 0 Å². The van der Waals surface area contributed by atoms with Crippen LogP contribution in [0.15, 0.2) is 24.3 Å². The lowest BCUT2D eigenvalue weighted by Crippen LogP contribution is -2.22. The van der Waals surface area contributed by atoms with Crippen molar-refractivity contribution in [2.24, 2.45) is 0 Å². The van der Waals surface area contributed by atoms with Gasteiger partial charge in [0.15, 0.2) is 0 Å². The van der Waals surface area contributed by atoms with Crippen LogP contribution in [-0.2, 0) is 19.5 Å². The third-order valence-corrected chi connectivity index (χ3v) is 4.39. The first-order valence-electron chi connectivity index (χ1n) is 7.95. The molecule has 21 heavy (non-hydrogen) atoms. The predicted molar refractivity (Wildman–Crippen MR) is 84.0 cm³/mol. The lowest BCUT2D eigenvalue weighted by molar-refractivity contribution is 0.501. The van der Waals surface area contributed by atoms with E-state index in [0.717, 1.165) is 31.2 Å². The van der Waals surface area contributed by atoms with Gasteiger partial charge in [0.2, 0.25) is 0 Å². The maximum atomic E-state index is 4.42. The second kappa shape index (κ2) is 6.39. The third kappa shape index (κ3) is 3.16. The first kappa shape index (κ1) is 14.3. The van der Waals surface area contributed by atoms with E-state index in [0.29, 0.717) is 0 Å². The minimum atomic E-state index is 0.226. The largest absolute Gasteiger partial charge is 0.314 e. The van der Waals surface area contributed by atoms with Crippen LogP contribution in [0.1, 0.15) is 55.0 Å². The first-order chi connectivity index (χ1) is 10.3. The molecule has 0 fully saturated rings. The highest BCUT2D eigenvalue weighted by Gasteiger charge is 2.18. The summed E-state index contributed by atoms with van der Waals surface area (Å²) in [4.78, 5) is 0. The Kier molecular flexibility index (Phi) is 4.34. The Hall–Kier alpha value is -1.68. The molecule has 0 bridgehead atoms. The van der Waals surface area contributed by atoms with Gasteiger partial charge >= 0.3 is 0 Å². The summed E-state index contributed by atoms with van der Waals surface area (Å²) in [5.74, 6) is 2.24. The number of aryl methyl sites for hydroxylation is 2. The minimum absolute atomic E-state index is 0.226. The molecule has 3 rings (SSSR count). The Labute approximate surface area is 126 Å². The summed E-state index contributed by atoms with van der Waals surface area (Å²) < 4.78 is 2.32. The van der Waals surface area contributed by atoms with E-state index in [1.54, 1.807) is 0 Å². The minimum Gasteiger partial charge on any atom is -0.314 e. The van der Waals surface area contributed by atoms with Gasteiger partial charge in [0.25, 0.3) is 0 Å². The fourth-order valence-corrected chi connectivity index (χ4v) is 2.99. The van der Waals surface area contributed by atoms with Gasteiger partial charge in [-0.2, -0.15) is 0 Å². The normalized spacial score (nSPS) is 16.3. The monoisotopic (exact) mass is 284 g/mol. The summed E-state index contributed by atoms with van der Waals surface area (Å²) in [6.07, 6.45) is 4.84. The van der Waals surface area contributed by atoms with Crippen LogP contribution in [0.4, 0.5) is 0 Å². The highest BCUT2D eigenvalue weighted by molar-refractivity contribution is 5.25. The van der Waals surface area contributed by atoms with Crippen LogP contribution < -0.4 is 5.32 Å². The highest BCUT2D eigenvalue weighted by atomic mass is 15.3.